The molecule has 0 spiro atoms. The molecule has 0 amide bonds. The van der Waals surface area contributed by atoms with Crippen LogP contribution in [0.5, 0.6) is 5.75 Å². The molecule has 4 rings (SSSR count). The van der Waals surface area contributed by atoms with E-state index in [0.29, 0.717) is 17.5 Å². The van der Waals surface area contributed by atoms with E-state index in [2.05, 4.69) is 15.3 Å². The number of alkyl halides is 6. The van der Waals surface area contributed by atoms with Crippen LogP contribution in [0.1, 0.15) is 21.5 Å². The molecule has 0 aliphatic rings. The molecule has 34 heavy (non-hydrogen) atoms. The largest absolute Gasteiger partial charge is 0.497 e. The number of carbonyl (C=O) groups is 1. The molecule has 2 aromatic heterocycles. The smallest absolute Gasteiger partial charge is 0.454 e. The number of hydrogen-bond acceptors (Lipinski definition) is 5. The van der Waals surface area contributed by atoms with Gasteiger partial charge in [0.05, 0.1) is 29.3 Å². The van der Waals surface area contributed by atoms with E-state index in [4.69, 9.17) is 4.74 Å². The Morgan fingerprint density at radius 3 is 2.29 bits per heavy atom. The van der Waals surface area contributed by atoms with Crippen molar-refractivity contribution in [3.05, 3.63) is 71.5 Å². The molecule has 11 heteroatoms. The minimum absolute atomic E-state index is 0.0900. The predicted molar refractivity (Wildman–Crippen MR) is 113 cm³/mol. The van der Waals surface area contributed by atoms with Gasteiger partial charge in [-0.2, -0.15) is 26.3 Å². The highest BCUT2D eigenvalue weighted by atomic mass is 19.4. The minimum Gasteiger partial charge on any atom is -0.497 e. The Morgan fingerprint density at radius 1 is 0.971 bits per heavy atom. The summed E-state index contributed by atoms with van der Waals surface area (Å²) in [6.45, 7) is -0.322. The Hall–Kier alpha value is -3.89. The Morgan fingerprint density at radius 2 is 1.68 bits per heavy atom. The van der Waals surface area contributed by atoms with Crippen molar-refractivity contribution < 1.29 is 35.9 Å². The van der Waals surface area contributed by atoms with Crippen molar-refractivity contribution in [3.63, 3.8) is 0 Å². The van der Waals surface area contributed by atoms with E-state index in [1.54, 1.807) is 24.3 Å². The molecule has 0 aliphatic carbocycles. The van der Waals surface area contributed by atoms with Crippen molar-refractivity contribution in [3.8, 4) is 5.75 Å². The monoisotopic (exact) mass is 479 g/mol. The Bertz CT molecular complexity index is 1380. The summed E-state index contributed by atoms with van der Waals surface area (Å²) in [4.78, 5) is 19.9. The lowest BCUT2D eigenvalue weighted by molar-refractivity contribution is -0.136. The molecule has 0 fully saturated rings. The second-order valence-electron chi connectivity index (χ2n) is 7.28. The van der Waals surface area contributed by atoms with Gasteiger partial charge in [0.2, 0.25) is 0 Å². The van der Waals surface area contributed by atoms with Gasteiger partial charge in [-0.15, -0.1) is 0 Å². The summed E-state index contributed by atoms with van der Waals surface area (Å²) in [5.74, 6) is -1.73. The van der Waals surface area contributed by atoms with Gasteiger partial charge in [0.1, 0.15) is 5.75 Å². The normalized spacial score (nSPS) is 12.2. The molecule has 1 N–H and O–H groups in total. The lowest BCUT2D eigenvalue weighted by atomic mass is 9.96. The maximum atomic E-state index is 14.2. The third kappa shape index (κ3) is 4.33. The number of pyridine rings is 2. The van der Waals surface area contributed by atoms with Crippen LogP contribution in [0.3, 0.4) is 0 Å². The van der Waals surface area contributed by atoms with E-state index in [1.165, 1.54) is 19.2 Å². The van der Waals surface area contributed by atoms with Crippen LogP contribution in [0.25, 0.3) is 21.8 Å². The second kappa shape index (κ2) is 8.47. The number of nitrogens with zero attached hydrogens (tertiary/aromatic N) is 2. The first kappa shape index (κ1) is 23.3. The van der Waals surface area contributed by atoms with Crippen LogP contribution in [0, 0.1) is 0 Å². The van der Waals surface area contributed by atoms with Crippen LogP contribution in [0.2, 0.25) is 0 Å². The highest BCUT2D eigenvalue weighted by Crippen LogP contribution is 2.40. The third-order valence-electron chi connectivity index (χ3n) is 5.16. The number of carbonyl (C=O) groups excluding carboxylic acids is 1. The first-order valence-electron chi connectivity index (χ1n) is 9.76. The maximum Gasteiger partial charge on any atom is 0.454 e. The molecule has 0 atom stereocenters. The first-order chi connectivity index (χ1) is 16.0. The third-order valence-corrected chi connectivity index (χ3v) is 5.16. The van der Waals surface area contributed by atoms with Gasteiger partial charge in [0.15, 0.2) is 0 Å². The number of rotatable bonds is 5. The number of nitrogens with one attached hydrogen (secondary N) is 1. The van der Waals surface area contributed by atoms with Crippen LogP contribution >= 0.6 is 0 Å². The van der Waals surface area contributed by atoms with E-state index >= 15 is 0 Å². The van der Waals surface area contributed by atoms with Gasteiger partial charge in [0, 0.05) is 41.0 Å². The Balaban J connectivity index is 1.91. The average Bonchev–Trinajstić information content (AvgIpc) is 2.80. The lowest BCUT2D eigenvalue weighted by Crippen LogP contribution is -2.23. The van der Waals surface area contributed by atoms with Gasteiger partial charge in [-0.3, -0.25) is 14.8 Å². The van der Waals surface area contributed by atoms with Gasteiger partial charge in [-0.25, -0.2) is 0 Å². The van der Waals surface area contributed by atoms with Gasteiger partial charge in [0.25, 0.3) is 5.78 Å². The van der Waals surface area contributed by atoms with Crippen molar-refractivity contribution in [1.82, 2.24) is 9.97 Å². The van der Waals surface area contributed by atoms with Crippen molar-refractivity contribution in [2.45, 2.75) is 18.9 Å². The Labute approximate surface area is 188 Å². The fourth-order valence-corrected chi connectivity index (χ4v) is 3.65. The number of ketones is 1. The molecule has 2 heterocycles. The number of aromatic nitrogens is 2. The predicted octanol–water partition coefficient (Wildman–Crippen LogP) is 6.17. The zero-order valence-electron chi connectivity index (χ0n) is 17.4. The van der Waals surface area contributed by atoms with E-state index in [0.717, 1.165) is 12.4 Å². The van der Waals surface area contributed by atoms with Gasteiger partial charge in [-0.05, 0) is 42.5 Å². The topological polar surface area (TPSA) is 64.1 Å². The molecule has 2 aromatic carbocycles. The number of benzene rings is 2. The number of methoxy groups -OCH3 is 1. The van der Waals surface area contributed by atoms with E-state index in [1.807, 2.05) is 0 Å². The number of Topliss-reactive ketones (excluding diaryl/α,β-unsaturated/α-hetero) is 1. The summed E-state index contributed by atoms with van der Waals surface area (Å²) in [5, 5.41) is 2.13. The molecule has 0 unspecified atom stereocenters. The summed E-state index contributed by atoms with van der Waals surface area (Å²) >= 11 is 0. The molecular formula is C23H15F6N3O2. The second-order valence-corrected chi connectivity index (χ2v) is 7.28. The number of fused-ring (bicyclic) bond motifs is 3. The SMILES string of the molecule is COc1ccc(NCc2cnc3c(cc(C(=O)C(F)(F)F)c4ncccc43)c2C(F)(F)F)cc1. The van der Waals surface area contributed by atoms with Crippen molar-refractivity contribution in [1.29, 1.82) is 0 Å². The lowest BCUT2D eigenvalue weighted by Gasteiger charge is -2.18. The molecule has 0 bridgehead atoms. The molecular weight excluding hydrogens is 464 g/mol. The number of ether oxygens (including phenoxy) is 1. The fraction of sp³-hybridized carbons (Fsp3) is 0.174. The van der Waals surface area contributed by atoms with Gasteiger partial charge in [-0.1, -0.05) is 0 Å². The molecule has 0 aliphatic heterocycles. The van der Waals surface area contributed by atoms with E-state index in [-0.39, 0.29) is 28.5 Å². The van der Waals surface area contributed by atoms with Crippen molar-refractivity contribution >= 4 is 33.3 Å². The Kier molecular flexibility index (Phi) is 5.80. The van der Waals surface area contributed by atoms with Crippen LogP contribution in [-0.4, -0.2) is 29.0 Å². The quantitative estimate of drug-likeness (QED) is 0.211. The fourth-order valence-electron chi connectivity index (χ4n) is 3.65. The zero-order chi connectivity index (χ0) is 24.7. The molecule has 5 nitrogen and oxygen atoms in total. The van der Waals surface area contributed by atoms with Gasteiger partial charge < -0.3 is 10.1 Å². The van der Waals surface area contributed by atoms with Crippen molar-refractivity contribution in [2.75, 3.05) is 12.4 Å². The molecule has 176 valence electrons. The average molecular weight is 479 g/mol. The molecule has 0 saturated carbocycles. The summed E-state index contributed by atoms with van der Waals surface area (Å²) in [6.07, 6.45) is -8.07. The van der Waals surface area contributed by atoms with Crippen LogP contribution in [-0.2, 0) is 12.7 Å². The number of hydrogen-bond donors (Lipinski definition) is 1. The standard InChI is InChI=1S/C23H15F6N3O2/c1-34-14-6-4-13(5-7-14)31-10-12-11-32-19-15-3-2-8-30-20(15)17(21(33)23(27,28)29)9-16(19)18(12)22(24,25)26/h2-9,11,31H,10H2,1H3. The highest BCUT2D eigenvalue weighted by Gasteiger charge is 2.42. The highest BCUT2D eigenvalue weighted by molar-refractivity contribution is 6.17. The van der Waals surface area contributed by atoms with Crippen molar-refractivity contribution in [2.24, 2.45) is 0 Å². The van der Waals surface area contributed by atoms with E-state index < -0.39 is 34.6 Å². The zero-order valence-corrected chi connectivity index (χ0v) is 17.4. The van der Waals surface area contributed by atoms with Crippen LogP contribution < -0.4 is 10.1 Å². The van der Waals surface area contributed by atoms with Crippen LogP contribution in [0.4, 0.5) is 32.0 Å². The first-order valence-corrected chi connectivity index (χ1v) is 9.76. The summed E-state index contributed by atoms with van der Waals surface area (Å²) < 4.78 is 87.2. The number of halogens is 6. The summed E-state index contributed by atoms with van der Waals surface area (Å²) in [7, 11) is 1.47. The maximum absolute atomic E-state index is 14.2. The molecule has 0 saturated heterocycles. The van der Waals surface area contributed by atoms with Gasteiger partial charge >= 0.3 is 12.4 Å². The van der Waals surface area contributed by atoms with E-state index in [9.17, 15) is 31.1 Å². The summed E-state index contributed by atoms with van der Waals surface area (Å²) in [5.41, 5.74) is -2.54. The molecule has 0 radical (unpaired) electrons. The minimum atomic E-state index is -5.29. The number of anilines is 1. The summed E-state index contributed by atoms with van der Waals surface area (Å²) in [6, 6.07) is 9.62. The van der Waals surface area contributed by atoms with Crippen LogP contribution in [0.15, 0.2) is 54.9 Å². The molecule has 4 aromatic rings.